The number of hydrogen-bond acceptors (Lipinski definition) is 3. The Kier molecular flexibility index (Phi) is 4.16. The number of piperazine rings is 1. The molecule has 0 aromatic rings. The molecule has 2 aliphatic heterocycles. The predicted molar refractivity (Wildman–Crippen MR) is 80.5 cm³/mol. The summed E-state index contributed by atoms with van der Waals surface area (Å²) >= 11 is 0. The van der Waals surface area contributed by atoms with Gasteiger partial charge in [0.2, 0.25) is 0 Å². The molecule has 2 heterocycles. The van der Waals surface area contributed by atoms with Gasteiger partial charge in [0.05, 0.1) is 0 Å². The highest BCUT2D eigenvalue weighted by Crippen LogP contribution is 2.37. The quantitative estimate of drug-likeness (QED) is 0.841. The molecule has 19 heavy (non-hydrogen) atoms. The van der Waals surface area contributed by atoms with Crippen LogP contribution in [0.3, 0.4) is 0 Å². The van der Waals surface area contributed by atoms with E-state index >= 15 is 0 Å². The lowest BCUT2D eigenvalue weighted by atomic mass is 9.90. The topological polar surface area (TPSA) is 18.5 Å². The van der Waals surface area contributed by atoms with Gasteiger partial charge in [0.15, 0.2) is 0 Å². The van der Waals surface area contributed by atoms with Crippen molar-refractivity contribution in [1.82, 2.24) is 15.1 Å². The molecule has 2 saturated heterocycles. The Labute approximate surface area is 118 Å². The number of rotatable bonds is 3. The van der Waals surface area contributed by atoms with Crippen molar-refractivity contribution in [1.29, 1.82) is 0 Å². The van der Waals surface area contributed by atoms with Gasteiger partial charge in [-0.2, -0.15) is 0 Å². The van der Waals surface area contributed by atoms with Gasteiger partial charge in [-0.05, 0) is 52.0 Å². The molecular formula is C16H31N3. The normalized spacial score (nSPS) is 34.4. The molecule has 3 heteroatoms. The van der Waals surface area contributed by atoms with E-state index in [0.29, 0.717) is 5.54 Å². The predicted octanol–water partition coefficient (Wildman–Crippen LogP) is 1.93. The van der Waals surface area contributed by atoms with Crippen LogP contribution in [-0.2, 0) is 0 Å². The van der Waals surface area contributed by atoms with Crippen molar-refractivity contribution in [3.8, 4) is 0 Å². The third-order valence-corrected chi connectivity index (χ3v) is 5.67. The maximum atomic E-state index is 3.47. The van der Waals surface area contributed by atoms with Crippen LogP contribution in [0.5, 0.6) is 0 Å². The Morgan fingerprint density at radius 2 is 1.74 bits per heavy atom. The maximum Gasteiger partial charge on any atom is 0.0281 e. The number of piperidine rings is 1. The van der Waals surface area contributed by atoms with E-state index in [2.05, 4.69) is 29.0 Å². The zero-order valence-corrected chi connectivity index (χ0v) is 12.8. The summed E-state index contributed by atoms with van der Waals surface area (Å²) in [7, 11) is 0. The van der Waals surface area contributed by atoms with Crippen LogP contribution in [0.15, 0.2) is 0 Å². The average molecular weight is 265 g/mol. The Morgan fingerprint density at radius 1 is 1.00 bits per heavy atom. The van der Waals surface area contributed by atoms with Crippen molar-refractivity contribution >= 4 is 0 Å². The van der Waals surface area contributed by atoms with Gasteiger partial charge in [-0.1, -0.05) is 6.42 Å². The van der Waals surface area contributed by atoms with Crippen molar-refractivity contribution in [2.75, 3.05) is 39.3 Å². The van der Waals surface area contributed by atoms with Gasteiger partial charge in [0.1, 0.15) is 0 Å². The van der Waals surface area contributed by atoms with Gasteiger partial charge < -0.3 is 5.32 Å². The Bertz CT molecular complexity index is 296. The lowest BCUT2D eigenvalue weighted by Gasteiger charge is -2.47. The van der Waals surface area contributed by atoms with Gasteiger partial charge >= 0.3 is 0 Å². The van der Waals surface area contributed by atoms with E-state index in [-0.39, 0.29) is 0 Å². The fourth-order valence-corrected chi connectivity index (χ4v) is 4.62. The number of hydrogen-bond donors (Lipinski definition) is 1. The molecule has 3 rings (SSSR count). The van der Waals surface area contributed by atoms with E-state index in [4.69, 9.17) is 0 Å². The average Bonchev–Trinajstić information content (AvgIpc) is 2.89. The van der Waals surface area contributed by atoms with Gasteiger partial charge in [0.25, 0.3) is 0 Å². The van der Waals surface area contributed by atoms with Gasteiger partial charge in [0, 0.05) is 44.3 Å². The first-order valence-corrected chi connectivity index (χ1v) is 8.37. The summed E-state index contributed by atoms with van der Waals surface area (Å²) in [6, 6.07) is 0.913. The molecule has 3 nitrogen and oxygen atoms in total. The lowest BCUT2D eigenvalue weighted by Crippen LogP contribution is -2.59. The molecule has 1 aliphatic carbocycles. The van der Waals surface area contributed by atoms with Crippen molar-refractivity contribution in [2.45, 2.75) is 57.5 Å². The third kappa shape index (κ3) is 2.98. The van der Waals surface area contributed by atoms with Crippen LogP contribution < -0.4 is 5.32 Å². The zero-order valence-electron chi connectivity index (χ0n) is 12.8. The minimum Gasteiger partial charge on any atom is -0.314 e. The molecule has 0 bridgehead atoms. The zero-order chi connectivity index (χ0) is 13.3. The second kappa shape index (κ2) is 5.71. The van der Waals surface area contributed by atoms with Crippen LogP contribution in [0.25, 0.3) is 0 Å². The summed E-state index contributed by atoms with van der Waals surface area (Å²) in [4.78, 5) is 5.53. The first kappa shape index (κ1) is 13.8. The largest absolute Gasteiger partial charge is 0.314 e. The van der Waals surface area contributed by atoms with E-state index < -0.39 is 0 Å². The summed E-state index contributed by atoms with van der Waals surface area (Å²) < 4.78 is 0. The summed E-state index contributed by atoms with van der Waals surface area (Å²) in [6.07, 6.45) is 7.35. The maximum absolute atomic E-state index is 3.47. The second-order valence-corrected chi connectivity index (χ2v) is 7.42. The molecule has 2 atom stereocenters. The molecule has 0 radical (unpaired) electrons. The molecule has 0 spiro atoms. The molecule has 0 aromatic heterocycles. The molecule has 1 saturated carbocycles. The molecule has 0 amide bonds. The molecule has 1 N–H and O–H groups in total. The van der Waals surface area contributed by atoms with Crippen LogP contribution in [0.4, 0.5) is 0 Å². The standard InChI is InChI=1S/C16H31N3/c1-16(2,19-11-8-17-9-12-19)13-18-10-4-6-14-5-3-7-15(14)18/h14-15,17H,3-13H2,1-2H3. The van der Waals surface area contributed by atoms with Gasteiger partial charge in [-0.25, -0.2) is 0 Å². The second-order valence-electron chi connectivity index (χ2n) is 7.42. The van der Waals surface area contributed by atoms with Crippen LogP contribution in [0.1, 0.15) is 46.0 Å². The fraction of sp³-hybridized carbons (Fsp3) is 1.00. The molecule has 0 aromatic carbocycles. The number of fused-ring (bicyclic) bond motifs is 1. The van der Waals surface area contributed by atoms with Crippen LogP contribution in [-0.4, -0.2) is 60.6 Å². The van der Waals surface area contributed by atoms with Crippen molar-refractivity contribution in [3.05, 3.63) is 0 Å². The minimum absolute atomic E-state index is 0.340. The highest BCUT2D eigenvalue weighted by atomic mass is 15.3. The summed E-state index contributed by atoms with van der Waals surface area (Å²) in [5, 5.41) is 3.47. The highest BCUT2D eigenvalue weighted by molar-refractivity contribution is 4.94. The van der Waals surface area contributed by atoms with E-state index in [1.807, 2.05) is 0 Å². The summed E-state index contributed by atoms with van der Waals surface area (Å²) in [6.45, 7) is 12.3. The van der Waals surface area contributed by atoms with E-state index in [0.717, 1.165) is 25.0 Å². The summed E-state index contributed by atoms with van der Waals surface area (Å²) in [5.74, 6) is 1.02. The molecule has 3 fully saturated rings. The monoisotopic (exact) mass is 265 g/mol. The van der Waals surface area contributed by atoms with E-state index in [9.17, 15) is 0 Å². The molecular weight excluding hydrogens is 234 g/mol. The fourth-order valence-electron chi connectivity index (χ4n) is 4.62. The Hall–Kier alpha value is -0.120. The SMILES string of the molecule is CC(C)(CN1CCCC2CCCC21)N1CCNCC1. The van der Waals surface area contributed by atoms with E-state index in [1.165, 1.54) is 58.3 Å². The lowest BCUT2D eigenvalue weighted by molar-refractivity contribution is 0.0237. The first-order chi connectivity index (χ1) is 9.17. The van der Waals surface area contributed by atoms with Gasteiger partial charge in [-0.3, -0.25) is 9.80 Å². The minimum atomic E-state index is 0.340. The van der Waals surface area contributed by atoms with Crippen molar-refractivity contribution in [3.63, 3.8) is 0 Å². The van der Waals surface area contributed by atoms with E-state index in [1.54, 1.807) is 0 Å². The Balaban J connectivity index is 1.62. The molecule has 2 unspecified atom stereocenters. The smallest absolute Gasteiger partial charge is 0.0281 e. The van der Waals surface area contributed by atoms with Crippen LogP contribution in [0.2, 0.25) is 0 Å². The Morgan fingerprint density at radius 3 is 2.53 bits per heavy atom. The van der Waals surface area contributed by atoms with Crippen molar-refractivity contribution in [2.24, 2.45) is 5.92 Å². The molecule has 110 valence electrons. The van der Waals surface area contributed by atoms with Gasteiger partial charge in [-0.15, -0.1) is 0 Å². The molecule has 3 aliphatic rings. The van der Waals surface area contributed by atoms with Crippen LogP contribution in [0, 0.1) is 5.92 Å². The number of likely N-dealkylation sites (tertiary alicyclic amines) is 1. The highest BCUT2D eigenvalue weighted by Gasteiger charge is 2.38. The first-order valence-electron chi connectivity index (χ1n) is 8.37. The van der Waals surface area contributed by atoms with Crippen LogP contribution >= 0.6 is 0 Å². The third-order valence-electron chi connectivity index (χ3n) is 5.67. The number of nitrogens with one attached hydrogen (secondary N) is 1. The number of nitrogens with zero attached hydrogens (tertiary/aromatic N) is 2. The summed E-state index contributed by atoms with van der Waals surface area (Å²) in [5.41, 5.74) is 0.340. The van der Waals surface area contributed by atoms with Crippen molar-refractivity contribution < 1.29 is 0 Å².